The number of aromatic nitrogens is 4. The minimum absolute atomic E-state index is 0.214. The van der Waals surface area contributed by atoms with Crippen molar-refractivity contribution in [2.24, 2.45) is 0 Å². The van der Waals surface area contributed by atoms with Crippen molar-refractivity contribution in [1.29, 1.82) is 0 Å². The minimum Gasteiger partial charge on any atom is -0.291 e. The molecule has 0 saturated carbocycles. The van der Waals surface area contributed by atoms with Crippen LogP contribution < -0.4 is 0 Å². The molecule has 2 heterocycles. The molecule has 0 amide bonds. The standard InChI is InChI=1S/C20H16N4S/c25-20-23-22-19(17-11-9-14-6-2-4-8-16(14)21-17)24(20)18-12-10-13-5-1-3-7-15(13)18/h1-9,11,18H,10,12H2,(H,23,25)/t18-/m1/s1. The van der Waals surface area contributed by atoms with E-state index in [4.69, 9.17) is 17.2 Å². The summed E-state index contributed by atoms with van der Waals surface area (Å²) in [6.45, 7) is 0. The van der Waals surface area contributed by atoms with Crippen LogP contribution in [0.4, 0.5) is 0 Å². The Hall–Kier alpha value is -2.79. The number of para-hydroxylation sites is 1. The summed E-state index contributed by atoms with van der Waals surface area (Å²) in [4.78, 5) is 4.80. The van der Waals surface area contributed by atoms with Gasteiger partial charge in [-0.05, 0) is 48.3 Å². The average molecular weight is 344 g/mol. The van der Waals surface area contributed by atoms with Gasteiger partial charge in [-0.2, -0.15) is 5.10 Å². The van der Waals surface area contributed by atoms with E-state index in [2.05, 4.69) is 51.2 Å². The van der Waals surface area contributed by atoms with Gasteiger partial charge in [0.2, 0.25) is 0 Å². The third-order valence-electron chi connectivity index (χ3n) is 4.94. The highest BCUT2D eigenvalue weighted by molar-refractivity contribution is 7.71. The van der Waals surface area contributed by atoms with Crippen LogP contribution in [0.5, 0.6) is 0 Å². The number of aromatic amines is 1. The monoisotopic (exact) mass is 344 g/mol. The van der Waals surface area contributed by atoms with Crippen molar-refractivity contribution in [1.82, 2.24) is 19.7 Å². The van der Waals surface area contributed by atoms with Crippen molar-refractivity contribution in [3.8, 4) is 11.5 Å². The van der Waals surface area contributed by atoms with Gasteiger partial charge >= 0.3 is 0 Å². The molecule has 122 valence electrons. The number of fused-ring (bicyclic) bond motifs is 2. The lowest BCUT2D eigenvalue weighted by Gasteiger charge is -2.16. The molecule has 4 aromatic rings. The minimum atomic E-state index is 0.214. The summed E-state index contributed by atoms with van der Waals surface area (Å²) in [5.41, 5.74) is 4.54. The molecule has 5 heteroatoms. The Balaban J connectivity index is 1.68. The number of hydrogen-bond acceptors (Lipinski definition) is 3. The smallest absolute Gasteiger partial charge is 0.196 e. The molecule has 2 aromatic heterocycles. The Morgan fingerprint density at radius 3 is 2.80 bits per heavy atom. The summed E-state index contributed by atoms with van der Waals surface area (Å²) in [5, 5.41) is 8.58. The van der Waals surface area contributed by atoms with E-state index in [1.807, 2.05) is 24.3 Å². The first-order valence-electron chi connectivity index (χ1n) is 8.42. The van der Waals surface area contributed by atoms with E-state index in [9.17, 15) is 0 Å². The van der Waals surface area contributed by atoms with Crippen molar-refractivity contribution >= 4 is 23.1 Å². The lowest BCUT2D eigenvalue weighted by molar-refractivity contribution is 0.576. The summed E-state index contributed by atoms with van der Waals surface area (Å²) in [5.74, 6) is 0.803. The molecule has 0 aliphatic heterocycles. The molecule has 1 aliphatic rings. The SMILES string of the molecule is S=c1[nH]nc(-c2ccc3ccccc3n2)n1[C@@H]1CCc2ccccc21. The molecule has 2 aromatic carbocycles. The molecule has 4 nitrogen and oxygen atoms in total. The Labute approximate surface area is 150 Å². The topological polar surface area (TPSA) is 46.5 Å². The largest absolute Gasteiger partial charge is 0.291 e. The van der Waals surface area contributed by atoms with Crippen LogP contribution in [0.3, 0.4) is 0 Å². The first-order chi connectivity index (χ1) is 12.3. The van der Waals surface area contributed by atoms with Gasteiger partial charge < -0.3 is 0 Å². The molecule has 0 radical (unpaired) electrons. The second kappa shape index (κ2) is 5.63. The molecule has 0 unspecified atom stereocenters. The van der Waals surface area contributed by atoms with Gasteiger partial charge in [-0.25, -0.2) is 4.98 Å². The summed E-state index contributed by atoms with van der Waals surface area (Å²) < 4.78 is 2.77. The molecule has 5 rings (SSSR count). The van der Waals surface area contributed by atoms with E-state index in [0.29, 0.717) is 4.77 Å². The van der Waals surface area contributed by atoms with Crippen LogP contribution in [-0.2, 0) is 6.42 Å². The Morgan fingerprint density at radius 1 is 1.00 bits per heavy atom. The van der Waals surface area contributed by atoms with E-state index in [-0.39, 0.29) is 6.04 Å². The number of H-pyrrole nitrogens is 1. The van der Waals surface area contributed by atoms with Gasteiger partial charge in [0.1, 0.15) is 5.69 Å². The van der Waals surface area contributed by atoms with Crippen molar-refractivity contribution in [2.45, 2.75) is 18.9 Å². The highest BCUT2D eigenvalue weighted by atomic mass is 32.1. The number of hydrogen-bond donors (Lipinski definition) is 1. The first-order valence-corrected chi connectivity index (χ1v) is 8.83. The fourth-order valence-corrected chi connectivity index (χ4v) is 4.03. The number of pyridine rings is 1. The third-order valence-corrected chi connectivity index (χ3v) is 5.23. The van der Waals surface area contributed by atoms with E-state index in [1.165, 1.54) is 11.1 Å². The fourth-order valence-electron chi connectivity index (χ4n) is 3.77. The molecule has 1 N–H and O–H groups in total. The average Bonchev–Trinajstić information content (AvgIpc) is 3.24. The number of aryl methyl sites for hydroxylation is 1. The Morgan fingerprint density at radius 2 is 1.84 bits per heavy atom. The van der Waals surface area contributed by atoms with Crippen LogP contribution in [-0.4, -0.2) is 19.7 Å². The van der Waals surface area contributed by atoms with E-state index >= 15 is 0 Å². The van der Waals surface area contributed by atoms with Crippen LogP contribution in [0.2, 0.25) is 0 Å². The molecule has 1 atom stereocenters. The summed E-state index contributed by atoms with van der Waals surface area (Å²) in [7, 11) is 0. The van der Waals surface area contributed by atoms with E-state index in [0.717, 1.165) is 35.3 Å². The van der Waals surface area contributed by atoms with Crippen molar-refractivity contribution in [3.05, 3.63) is 76.6 Å². The summed E-state index contributed by atoms with van der Waals surface area (Å²) >= 11 is 5.55. The maximum absolute atomic E-state index is 5.55. The summed E-state index contributed by atoms with van der Waals surface area (Å²) in [6.07, 6.45) is 2.10. The number of nitrogens with zero attached hydrogens (tertiary/aromatic N) is 3. The van der Waals surface area contributed by atoms with Gasteiger partial charge in [-0.1, -0.05) is 48.5 Å². The molecular formula is C20H16N4S. The maximum Gasteiger partial charge on any atom is 0.196 e. The quantitative estimate of drug-likeness (QED) is 0.537. The summed E-state index contributed by atoms with van der Waals surface area (Å²) in [6, 6.07) is 21.0. The van der Waals surface area contributed by atoms with Crippen LogP contribution >= 0.6 is 12.2 Å². The fraction of sp³-hybridized carbons (Fsp3) is 0.150. The zero-order chi connectivity index (χ0) is 16.8. The highest BCUT2D eigenvalue weighted by Crippen LogP contribution is 2.36. The van der Waals surface area contributed by atoms with Crippen molar-refractivity contribution < 1.29 is 0 Å². The van der Waals surface area contributed by atoms with Gasteiger partial charge in [0, 0.05) is 5.39 Å². The Bertz CT molecular complexity index is 1140. The van der Waals surface area contributed by atoms with E-state index in [1.54, 1.807) is 0 Å². The predicted octanol–water partition coefficient (Wildman–Crippen LogP) is 4.69. The maximum atomic E-state index is 5.55. The molecule has 0 fully saturated rings. The van der Waals surface area contributed by atoms with Crippen LogP contribution in [0.25, 0.3) is 22.4 Å². The van der Waals surface area contributed by atoms with Crippen molar-refractivity contribution in [3.63, 3.8) is 0 Å². The lowest BCUT2D eigenvalue weighted by Crippen LogP contribution is -2.10. The molecular weight excluding hydrogens is 328 g/mol. The zero-order valence-corrected chi connectivity index (χ0v) is 14.3. The van der Waals surface area contributed by atoms with Gasteiger partial charge in [-0.15, -0.1) is 0 Å². The van der Waals surface area contributed by atoms with Gasteiger partial charge in [0.05, 0.1) is 11.6 Å². The molecule has 0 bridgehead atoms. The van der Waals surface area contributed by atoms with Crippen LogP contribution in [0, 0.1) is 4.77 Å². The van der Waals surface area contributed by atoms with Gasteiger partial charge in [0.25, 0.3) is 0 Å². The number of nitrogens with one attached hydrogen (secondary N) is 1. The lowest BCUT2D eigenvalue weighted by atomic mass is 10.1. The molecule has 0 saturated heterocycles. The van der Waals surface area contributed by atoms with Crippen LogP contribution in [0.1, 0.15) is 23.6 Å². The second-order valence-corrected chi connectivity index (χ2v) is 6.75. The van der Waals surface area contributed by atoms with Crippen molar-refractivity contribution in [2.75, 3.05) is 0 Å². The zero-order valence-electron chi connectivity index (χ0n) is 13.5. The third kappa shape index (κ3) is 2.31. The highest BCUT2D eigenvalue weighted by Gasteiger charge is 2.27. The second-order valence-electron chi connectivity index (χ2n) is 6.36. The Kier molecular flexibility index (Phi) is 3.28. The van der Waals surface area contributed by atoms with Crippen LogP contribution in [0.15, 0.2) is 60.7 Å². The van der Waals surface area contributed by atoms with Gasteiger partial charge in [-0.3, -0.25) is 9.67 Å². The van der Waals surface area contributed by atoms with Gasteiger partial charge in [0.15, 0.2) is 10.6 Å². The molecule has 0 spiro atoms. The number of benzene rings is 2. The first kappa shape index (κ1) is 14.5. The molecule has 1 aliphatic carbocycles. The number of rotatable bonds is 2. The van der Waals surface area contributed by atoms with E-state index < -0.39 is 0 Å². The molecule has 25 heavy (non-hydrogen) atoms. The predicted molar refractivity (Wildman–Crippen MR) is 101 cm³/mol. The normalized spacial score (nSPS) is 16.2.